The Morgan fingerprint density at radius 2 is 1.96 bits per heavy atom. The lowest BCUT2D eigenvalue weighted by atomic mass is 10.1. The lowest BCUT2D eigenvalue weighted by Gasteiger charge is -2.31. The summed E-state index contributed by atoms with van der Waals surface area (Å²) in [7, 11) is 1.64. The van der Waals surface area contributed by atoms with E-state index >= 15 is 0 Å². The highest BCUT2D eigenvalue weighted by molar-refractivity contribution is 7.20. The summed E-state index contributed by atoms with van der Waals surface area (Å²) < 4.78 is 12.4. The van der Waals surface area contributed by atoms with Crippen LogP contribution in [-0.4, -0.2) is 47.1 Å². The molecule has 1 aliphatic rings. The van der Waals surface area contributed by atoms with E-state index in [9.17, 15) is 4.79 Å². The van der Waals surface area contributed by atoms with Crippen molar-refractivity contribution in [1.82, 2.24) is 14.9 Å². The third-order valence-corrected chi connectivity index (χ3v) is 5.43. The molecule has 3 heterocycles. The normalized spacial score (nSPS) is 15.2. The number of benzene rings is 1. The van der Waals surface area contributed by atoms with Gasteiger partial charge < -0.3 is 14.4 Å². The standard InChI is InChI=1S/C19H19N3O3S/c1-24-15-2-3-17-16(12-15)21-19(26-17)25-14-6-10-22(11-7-14)18(23)13-4-8-20-9-5-13/h2-5,8-9,12,14H,6-7,10-11H2,1H3. The molecule has 4 rings (SSSR count). The van der Waals surface area contributed by atoms with Gasteiger partial charge in [0.1, 0.15) is 11.9 Å². The van der Waals surface area contributed by atoms with E-state index in [0.29, 0.717) is 23.8 Å². The van der Waals surface area contributed by atoms with E-state index in [-0.39, 0.29) is 12.0 Å². The number of aromatic nitrogens is 2. The maximum Gasteiger partial charge on any atom is 0.274 e. The van der Waals surface area contributed by atoms with Crippen LogP contribution in [0.3, 0.4) is 0 Å². The number of piperidine rings is 1. The molecule has 1 aromatic carbocycles. The predicted octanol–water partition coefficient (Wildman–Crippen LogP) is 3.38. The number of carbonyl (C=O) groups excluding carboxylic acids is 1. The Bertz CT molecular complexity index is 905. The van der Waals surface area contributed by atoms with Crippen LogP contribution in [0, 0.1) is 0 Å². The summed E-state index contributed by atoms with van der Waals surface area (Å²) in [5.41, 5.74) is 1.56. The smallest absolute Gasteiger partial charge is 0.274 e. The number of thiazole rings is 1. The number of ether oxygens (including phenoxy) is 2. The average Bonchev–Trinajstić information content (AvgIpc) is 3.10. The highest BCUT2D eigenvalue weighted by Gasteiger charge is 2.25. The van der Waals surface area contributed by atoms with Crippen LogP contribution < -0.4 is 9.47 Å². The lowest BCUT2D eigenvalue weighted by molar-refractivity contribution is 0.0595. The van der Waals surface area contributed by atoms with Gasteiger partial charge in [0.05, 0.1) is 17.3 Å². The Balaban J connectivity index is 1.37. The quantitative estimate of drug-likeness (QED) is 0.705. The molecule has 1 amide bonds. The van der Waals surface area contributed by atoms with Crippen LogP contribution in [-0.2, 0) is 0 Å². The van der Waals surface area contributed by atoms with Crippen molar-refractivity contribution < 1.29 is 14.3 Å². The molecule has 1 aliphatic heterocycles. The molecule has 0 aliphatic carbocycles. The molecule has 26 heavy (non-hydrogen) atoms. The van der Waals surface area contributed by atoms with Gasteiger partial charge in [-0.25, -0.2) is 4.98 Å². The maximum atomic E-state index is 12.5. The van der Waals surface area contributed by atoms with Gasteiger partial charge in [0, 0.05) is 50.0 Å². The number of rotatable bonds is 4. The van der Waals surface area contributed by atoms with Gasteiger partial charge in [0.2, 0.25) is 0 Å². The molecule has 1 saturated heterocycles. The summed E-state index contributed by atoms with van der Waals surface area (Å²) in [6, 6.07) is 9.33. The minimum absolute atomic E-state index is 0.0536. The van der Waals surface area contributed by atoms with Gasteiger partial charge in [0.25, 0.3) is 11.1 Å². The van der Waals surface area contributed by atoms with Crippen LogP contribution in [0.2, 0.25) is 0 Å². The molecule has 7 heteroatoms. The van der Waals surface area contributed by atoms with E-state index in [2.05, 4.69) is 9.97 Å². The van der Waals surface area contributed by atoms with Gasteiger partial charge >= 0.3 is 0 Å². The van der Waals surface area contributed by atoms with Crippen LogP contribution in [0.4, 0.5) is 0 Å². The van der Waals surface area contributed by atoms with E-state index < -0.39 is 0 Å². The summed E-state index contributed by atoms with van der Waals surface area (Å²) in [5, 5.41) is 0.673. The lowest BCUT2D eigenvalue weighted by Crippen LogP contribution is -2.41. The molecule has 134 valence electrons. The zero-order valence-electron chi connectivity index (χ0n) is 14.4. The van der Waals surface area contributed by atoms with Gasteiger partial charge in [-0.2, -0.15) is 0 Å². The maximum absolute atomic E-state index is 12.5. The van der Waals surface area contributed by atoms with E-state index in [1.54, 1.807) is 31.6 Å². The molecule has 6 nitrogen and oxygen atoms in total. The van der Waals surface area contributed by atoms with Crippen molar-refractivity contribution >= 4 is 27.5 Å². The Labute approximate surface area is 155 Å². The zero-order valence-corrected chi connectivity index (χ0v) is 15.2. The highest BCUT2D eigenvalue weighted by atomic mass is 32.1. The van der Waals surface area contributed by atoms with Crippen molar-refractivity contribution in [3.63, 3.8) is 0 Å². The minimum Gasteiger partial charge on any atom is -0.497 e. The second-order valence-electron chi connectivity index (χ2n) is 6.16. The molecule has 1 fully saturated rings. The van der Waals surface area contributed by atoms with Crippen molar-refractivity contribution in [2.75, 3.05) is 20.2 Å². The van der Waals surface area contributed by atoms with Gasteiger partial charge in [0.15, 0.2) is 0 Å². The molecule has 0 N–H and O–H groups in total. The molecule has 0 radical (unpaired) electrons. The van der Waals surface area contributed by atoms with E-state index in [0.717, 1.165) is 28.8 Å². The molecule has 0 spiro atoms. The fraction of sp³-hybridized carbons (Fsp3) is 0.316. The monoisotopic (exact) mass is 369 g/mol. The van der Waals surface area contributed by atoms with Gasteiger partial charge in [-0.05, 0) is 24.3 Å². The first kappa shape index (κ1) is 16.8. The highest BCUT2D eigenvalue weighted by Crippen LogP contribution is 2.32. The molecule has 2 aromatic heterocycles. The van der Waals surface area contributed by atoms with Crippen LogP contribution in [0.15, 0.2) is 42.7 Å². The van der Waals surface area contributed by atoms with E-state index in [1.807, 2.05) is 23.1 Å². The fourth-order valence-corrected chi connectivity index (χ4v) is 3.92. The molecule has 0 saturated carbocycles. The van der Waals surface area contributed by atoms with Crippen LogP contribution in [0.5, 0.6) is 10.9 Å². The Hall–Kier alpha value is -2.67. The average molecular weight is 369 g/mol. The number of carbonyl (C=O) groups is 1. The molecule has 3 aromatic rings. The largest absolute Gasteiger partial charge is 0.497 e. The van der Waals surface area contributed by atoms with Crippen molar-refractivity contribution in [2.24, 2.45) is 0 Å². The summed E-state index contributed by atoms with van der Waals surface area (Å²) in [6.07, 6.45) is 4.97. The van der Waals surface area contributed by atoms with Crippen molar-refractivity contribution in [1.29, 1.82) is 0 Å². The second kappa shape index (κ2) is 7.29. The number of fused-ring (bicyclic) bond motifs is 1. The zero-order chi connectivity index (χ0) is 17.9. The third kappa shape index (κ3) is 3.48. The molecule has 0 atom stereocenters. The van der Waals surface area contributed by atoms with E-state index in [4.69, 9.17) is 9.47 Å². The van der Waals surface area contributed by atoms with Crippen LogP contribution in [0.1, 0.15) is 23.2 Å². The first-order valence-corrected chi connectivity index (χ1v) is 9.35. The summed E-state index contributed by atoms with van der Waals surface area (Å²) in [5.74, 6) is 0.843. The number of amides is 1. The van der Waals surface area contributed by atoms with Crippen molar-refractivity contribution in [3.8, 4) is 10.9 Å². The Kier molecular flexibility index (Phi) is 4.71. The van der Waals surface area contributed by atoms with Gasteiger partial charge in [-0.1, -0.05) is 11.3 Å². The fourth-order valence-electron chi connectivity index (χ4n) is 3.06. The molecular weight excluding hydrogens is 350 g/mol. The number of nitrogens with zero attached hydrogens (tertiary/aromatic N) is 3. The molecular formula is C19H19N3O3S. The van der Waals surface area contributed by atoms with E-state index in [1.165, 1.54) is 11.3 Å². The SMILES string of the molecule is COc1ccc2sc(OC3CCN(C(=O)c4ccncc4)CC3)nc2c1. The summed E-state index contributed by atoms with van der Waals surface area (Å²) in [4.78, 5) is 22.9. The van der Waals surface area contributed by atoms with Crippen LogP contribution in [0.25, 0.3) is 10.2 Å². The first-order valence-electron chi connectivity index (χ1n) is 8.53. The van der Waals surface area contributed by atoms with Crippen molar-refractivity contribution in [2.45, 2.75) is 18.9 Å². The molecule has 0 bridgehead atoms. The Morgan fingerprint density at radius 3 is 2.69 bits per heavy atom. The van der Waals surface area contributed by atoms with Gasteiger partial charge in [-0.3, -0.25) is 9.78 Å². The predicted molar refractivity (Wildman–Crippen MR) is 100.0 cm³/mol. The second-order valence-corrected chi connectivity index (χ2v) is 7.15. The number of hydrogen-bond donors (Lipinski definition) is 0. The number of methoxy groups -OCH3 is 1. The van der Waals surface area contributed by atoms with Gasteiger partial charge in [-0.15, -0.1) is 0 Å². The first-order chi connectivity index (χ1) is 12.7. The topological polar surface area (TPSA) is 64.6 Å². The summed E-state index contributed by atoms with van der Waals surface area (Å²) >= 11 is 1.54. The number of hydrogen-bond acceptors (Lipinski definition) is 6. The third-order valence-electron chi connectivity index (χ3n) is 4.50. The molecule has 0 unspecified atom stereocenters. The van der Waals surface area contributed by atoms with Crippen LogP contribution >= 0.6 is 11.3 Å². The minimum atomic E-state index is 0.0536. The number of likely N-dealkylation sites (tertiary alicyclic amines) is 1. The summed E-state index contributed by atoms with van der Waals surface area (Å²) in [6.45, 7) is 1.37. The van der Waals surface area contributed by atoms with Crippen molar-refractivity contribution in [3.05, 3.63) is 48.3 Å². The Morgan fingerprint density at radius 1 is 1.19 bits per heavy atom. The number of pyridine rings is 1.